The maximum atomic E-state index is 11.6. The van der Waals surface area contributed by atoms with Gasteiger partial charge >= 0.3 is 12.0 Å². The number of likely N-dealkylation sites (tertiary alicyclic amines) is 1. The van der Waals surface area contributed by atoms with Crippen molar-refractivity contribution in [3.8, 4) is 0 Å². The highest BCUT2D eigenvalue weighted by Gasteiger charge is 2.24. The second kappa shape index (κ2) is 8.79. The number of carbonyl (C=O) groups is 2. The van der Waals surface area contributed by atoms with E-state index in [1.54, 1.807) is 0 Å². The molecule has 116 valence electrons. The summed E-state index contributed by atoms with van der Waals surface area (Å²) < 4.78 is 0. The molecule has 1 rings (SSSR count). The Kier molecular flexibility index (Phi) is 7.36. The van der Waals surface area contributed by atoms with E-state index in [2.05, 4.69) is 29.4 Å². The van der Waals surface area contributed by atoms with Gasteiger partial charge in [0.1, 0.15) is 0 Å². The normalized spacial score (nSPS) is 19.2. The van der Waals surface area contributed by atoms with E-state index in [1.165, 1.54) is 0 Å². The summed E-state index contributed by atoms with van der Waals surface area (Å²) >= 11 is 0. The Balaban J connectivity index is 2.02. The van der Waals surface area contributed by atoms with E-state index in [9.17, 15) is 9.59 Å². The fraction of sp³-hybridized carbons (Fsp3) is 0.857. The minimum absolute atomic E-state index is 0.150. The second-order valence-electron chi connectivity index (χ2n) is 5.73. The highest BCUT2D eigenvalue weighted by Crippen LogP contribution is 2.17. The molecule has 0 saturated carbocycles. The molecule has 1 aliphatic rings. The van der Waals surface area contributed by atoms with Gasteiger partial charge in [-0.3, -0.25) is 4.79 Å². The van der Waals surface area contributed by atoms with E-state index in [0.717, 1.165) is 19.5 Å². The lowest BCUT2D eigenvalue weighted by molar-refractivity contribution is -0.137. The molecule has 6 nitrogen and oxygen atoms in total. The number of carboxylic acids is 1. The molecule has 2 amide bonds. The number of nitrogens with one attached hydrogen (secondary N) is 2. The molecule has 0 aromatic rings. The summed E-state index contributed by atoms with van der Waals surface area (Å²) in [5, 5.41) is 14.1. The number of unbranched alkanes of at least 4 members (excludes halogenated alkanes) is 1. The number of nitrogens with zero attached hydrogens (tertiary/aromatic N) is 1. The third-order valence-electron chi connectivity index (χ3n) is 3.70. The SMILES string of the molecule is CC(C)N1CCC(CNC(=O)NCCCCC(=O)O)C1. The summed E-state index contributed by atoms with van der Waals surface area (Å²) in [7, 11) is 0. The summed E-state index contributed by atoms with van der Waals surface area (Å²) in [6, 6.07) is 0.423. The third kappa shape index (κ3) is 6.75. The Labute approximate surface area is 120 Å². The Hall–Kier alpha value is -1.30. The molecular weight excluding hydrogens is 258 g/mol. The van der Waals surface area contributed by atoms with Crippen LogP contribution in [0.25, 0.3) is 0 Å². The lowest BCUT2D eigenvalue weighted by Crippen LogP contribution is -2.39. The smallest absolute Gasteiger partial charge is 0.314 e. The molecule has 1 atom stereocenters. The van der Waals surface area contributed by atoms with Gasteiger partial charge in [0.15, 0.2) is 0 Å². The number of hydrogen-bond donors (Lipinski definition) is 3. The number of urea groups is 1. The molecule has 1 unspecified atom stereocenters. The molecule has 20 heavy (non-hydrogen) atoms. The molecule has 0 spiro atoms. The van der Waals surface area contributed by atoms with E-state index >= 15 is 0 Å². The monoisotopic (exact) mass is 285 g/mol. The standard InChI is InChI=1S/C14H27N3O3/c1-11(2)17-8-6-12(10-17)9-16-14(20)15-7-4-3-5-13(18)19/h11-12H,3-10H2,1-2H3,(H,18,19)(H2,15,16,20). The number of amides is 2. The number of rotatable bonds is 8. The zero-order chi connectivity index (χ0) is 15.0. The molecule has 0 aromatic heterocycles. The van der Waals surface area contributed by atoms with Crippen LogP contribution in [0.1, 0.15) is 39.5 Å². The minimum Gasteiger partial charge on any atom is -0.481 e. The van der Waals surface area contributed by atoms with E-state index in [1.807, 2.05) is 0 Å². The van der Waals surface area contributed by atoms with Gasteiger partial charge < -0.3 is 20.6 Å². The quantitative estimate of drug-likeness (QED) is 0.587. The first-order valence-electron chi connectivity index (χ1n) is 7.46. The van der Waals surface area contributed by atoms with Crippen LogP contribution in [-0.4, -0.2) is 54.2 Å². The first-order chi connectivity index (χ1) is 9.49. The summed E-state index contributed by atoms with van der Waals surface area (Å²) in [6.07, 6.45) is 2.60. The number of carbonyl (C=O) groups excluding carboxylic acids is 1. The Morgan fingerprint density at radius 3 is 2.65 bits per heavy atom. The molecule has 0 aliphatic carbocycles. The summed E-state index contributed by atoms with van der Waals surface area (Å²) in [4.78, 5) is 24.3. The highest BCUT2D eigenvalue weighted by atomic mass is 16.4. The van der Waals surface area contributed by atoms with Crippen molar-refractivity contribution >= 4 is 12.0 Å². The van der Waals surface area contributed by atoms with Gasteiger partial charge in [-0.05, 0) is 45.6 Å². The number of carboxylic acid groups (broad SMARTS) is 1. The lowest BCUT2D eigenvalue weighted by Gasteiger charge is -2.20. The fourth-order valence-corrected chi connectivity index (χ4v) is 2.40. The van der Waals surface area contributed by atoms with Crippen molar-refractivity contribution in [1.82, 2.24) is 15.5 Å². The van der Waals surface area contributed by atoms with Crippen molar-refractivity contribution in [3.63, 3.8) is 0 Å². The largest absolute Gasteiger partial charge is 0.481 e. The fourth-order valence-electron chi connectivity index (χ4n) is 2.40. The average molecular weight is 285 g/mol. The van der Waals surface area contributed by atoms with Crippen molar-refractivity contribution < 1.29 is 14.7 Å². The van der Waals surface area contributed by atoms with E-state index < -0.39 is 5.97 Å². The number of hydrogen-bond acceptors (Lipinski definition) is 3. The van der Waals surface area contributed by atoms with Crippen LogP contribution in [0.2, 0.25) is 0 Å². The van der Waals surface area contributed by atoms with Crippen molar-refractivity contribution in [3.05, 3.63) is 0 Å². The summed E-state index contributed by atoms with van der Waals surface area (Å²) in [5.74, 6) is -0.249. The molecule has 1 saturated heterocycles. The van der Waals surface area contributed by atoms with Crippen molar-refractivity contribution in [2.45, 2.75) is 45.6 Å². The van der Waals surface area contributed by atoms with Crippen LogP contribution in [0.4, 0.5) is 4.79 Å². The van der Waals surface area contributed by atoms with Gasteiger partial charge in [0, 0.05) is 32.1 Å². The Bertz CT molecular complexity index is 321. The Morgan fingerprint density at radius 2 is 2.05 bits per heavy atom. The van der Waals surface area contributed by atoms with Gasteiger partial charge in [-0.2, -0.15) is 0 Å². The molecule has 0 radical (unpaired) electrons. The lowest BCUT2D eigenvalue weighted by atomic mass is 10.1. The first kappa shape index (κ1) is 16.8. The topological polar surface area (TPSA) is 81.7 Å². The molecule has 3 N–H and O–H groups in total. The van der Waals surface area contributed by atoms with Crippen molar-refractivity contribution in [2.75, 3.05) is 26.2 Å². The minimum atomic E-state index is -0.787. The molecule has 0 bridgehead atoms. The van der Waals surface area contributed by atoms with E-state index in [-0.39, 0.29) is 12.5 Å². The molecule has 1 fully saturated rings. The third-order valence-corrected chi connectivity index (χ3v) is 3.70. The summed E-state index contributed by atoms with van der Waals surface area (Å²) in [6.45, 7) is 7.79. The van der Waals surface area contributed by atoms with Crippen LogP contribution in [-0.2, 0) is 4.79 Å². The van der Waals surface area contributed by atoms with Crippen LogP contribution in [0.5, 0.6) is 0 Å². The van der Waals surface area contributed by atoms with Gasteiger partial charge in [0.25, 0.3) is 0 Å². The van der Waals surface area contributed by atoms with Gasteiger partial charge in [-0.25, -0.2) is 4.79 Å². The zero-order valence-corrected chi connectivity index (χ0v) is 12.5. The maximum Gasteiger partial charge on any atom is 0.314 e. The van der Waals surface area contributed by atoms with Gasteiger partial charge in [-0.1, -0.05) is 0 Å². The zero-order valence-electron chi connectivity index (χ0n) is 12.5. The van der Waals surface area contributed by atoms with Crippen LogP contribution in [0.15, 0.2) is 0 Å². The molecule has 1 heterocycles. The van der Waals surface area contributed by atoms with Gasteiger partial charge in [-0.15, -0.1) is 0 Å². The molecule has 6 heteroatoms. The van der Waals surface area contributed by atoms with Crippen LogP contribution in [0.3, 0.4) is 0 Å². The molecule has 0 aromatic carbocycles. The predicted molar refractivity (Wildman–Crippen MR) is 77.7 cm³/mol. The van der Waals surface area contributed by atoms with Gasteiger partial charge in [0.2, 0.25) is 0 Å². The maximum absolute atomic E-state index is 11.6. The highest BCUT2D eigenvalue weighted by molar-refractivity contribution is 5.73. The van der Waals surface area contributed by atoms with Crippen molar-refractivity contribution in [1.29, 1.82) is 0 Å². The molecular formula is C14H27N3O3. The van der Waals surface area contributed by atoms with Crippen molar-refractivity contribution in [2.24, 2.45) is 5.92 Å². The van der Waals surface area contributed by atoms with Crippen LogP contribution in [0, 0.1) is 5.92 Å². The van der Waals surface area contributed by atoms with E-state index in [4.69, 9.17) is 5.11 Å². The first-order valence-corrected chi connectivity index (χ1v) is 7.46. The summed E-state index contributed by atoms with van der Waals surface area (Å²) in [5.41, 5.74) is 0. The molecule has 1 aliphatic heterocycles. The van der Waals surface area contributed by atoms with Crippen LogP contribution < -0.4 is 10.6 Å². The second-order valence-corrected chi connectivity index (χ2v) is 5.73. The Morgan fingerprint density at radius 1 is 1.30 bits per heavy atom. The predicted octanol–water partition coefficient (Wildman–Crippen LogP) is 1.27. The average Bonchev–Trinajstić information content (AvgIpc) is 2.84. The van der Waals surface area contributed by atoms with Gasteiger partial charge in [0.05, 0.1) is 0 Å². The van der Waals surface area contributed by atoms with E-state index in [0.29, 0.717) is 37.9 Å². The van der Waals surface area contributed by atoms with Crippen LogP contribution >= 0.6 is 0 Å². The number of aliphatic carboxylic acids is 1.